The van der Waals surface area contributed by atoms with Gasteiger partial charge in [-0.3, -0.25) is 14.2 Å². The number of rotatable bonds is 2. The lowest BCUT2D eigenvalue weighted by molar-refractivity contribution is 0.0941. The summed E-state index contributed by atoms with van der Waals surface area (Å²) in [4.78, 5) is 24.2. The molecule has 0 bridgehead atoms. The predicted molar refractivity (Wildman–Crippen MR) is 87.3 cm³/mol. The van der Waals surface area contributed by atoms with Crippen LogP contribution in [-0.4, -0.2) is 16.4 Å². The highest BCUT2D eigenvalue weighted by Crippen LogP contribution is 2.22. The fourth-order valence-corrected chi connectivity index (χ4v) is 2.45. The number of para-hydroxylation sites is 1. The molecule has 3 aromatic rings. The van der Waals surface area contributed by atoms with Crippen LogP contribution in [-0.2, 0) is 0 Å². The number of anilines is 1. The highest BCUT2D eigenvalue weighted by molar-refractivity contribution is 6.14. The van der Waals surface area contributed by atoms with Crippen molar-refractivity contribution in [2.24, 2.45) is 0 Å². The van der Waals surface area contributed by atoms with Crippen LogP contribution in [0.25, 0.3) is 10.9 Å². The average Bonchev–Trinajstić information content (AvgIpc) is 2.95. The Labute approximate surface area is 132 Å². The van der Waals surface area contributed by atoms with Gasteiger partial charge in [0.25, 0.3) is 5.91 Å². The minimum absolute atomic E-state index is 0.154. The first kappa shape index (κ1) is 14.5. The van der Waals surface area contributed by atoms with Crippen molar-refractivity contribution in [3.05, 3.63) is 65.9 Å². The number of benzene rings is 2. The maximum absolute atomic E-state index is 12.5. The molecule has 1 amide bonds. The molecular formula is C18H13N3O2. The first-order valence-electron chi connectivity index (χ1n) is 7.02. The number of fused-ring (bicyclic) bond motifs is 1. The molecule has 0 aliphatic heterocycles. The number of nitrogens with one attached hydrogen (secondary N) is 1. The van der Waals surface area contributed by atoms with Crippen molar-refractivity contribution in [2.75, 3.05) is 5.32 Å². The highest BCUT2D eigenvalue weighted by Gasteiger charge is 2.16. The molecule has 5 heteroatoms. The lowest BCUT2D eigenvalue weighted by Gasteiger charge is -2.04. The quantitative estimate of drug-likeness (QED) is 0.788. The Morgan fingerprint density at radius 2 is 1.78 bits per heavy atom. The van der Waals surface area contributed by atoms with Gasteiger partial charge in [-0.1, -0.05) is 18.2 Å². The molecule has 23 heavy (non-hydrogen) atoms. The van der Waals surface area contributed by atoms with Crippen molar-refractivity contribution in [1.29, 1.82) is 5.26 Å². The van der Waals surface area contributed by atoms with Crippen LogP contribution in [0.15, 0.2) is 54.7 Å². The summed E-state index contributed by atoms with van der Waals surface area (Å²) in [5.74, 6) is -0.454. The maximum Gasteiger partial charge on any atom is 0.257 e. The summed E-state index contributed by atoms with van der Waals surface area (Å²) >= 11 is 0. The molecule has 0 spiro atoms. The summed E-state index contributed by atoms with van der Waals surface area (Å²) in [5.41, 5.74) is 2.25. The Bertz CT molecular complexity index is 947. The minimum atomic E-state index is -0.300. The maximum atomic E-state index is 12.5. The molecule has 3 rings (SSSR count). The zero-order valence-corrected chi connectivity index (χ0v) is 12.4. The van der Waals surface area contributed by atoms with Crippen LogP contribution in [0.4, 0.5) is 5.69 Å². The standard InChI is InChI=1S/C18H13N3O2/c1-12(22)21-11-16(15-4-2-3-5-17(15)21)18(23)20-14-8-6-13(10-19)7-9-14/h2-9,11H,1H3,(H,20,23). The topological polar surface area (TPSA) is 74.9 Å². The van der Waals surface area contributed by atoms with Crippen LogP contribution in [0, 0.1) is 11.3 Å². The molecule has 0 saturated heterocycles. The number of hydrogen-bond donors (Lipinski definition) is 1. The van der Waals surface area contributed by atoms with Gasteiger partial charge in [0, 0.05) is 24.2 Å². The van der Waals surface area contributed by atoms with E-state index in [4.69, 9.17) is 5.26 Å². The number of nitrogens with zero attached hydrogens (tertiary/aromatic N) is 2. The third-order valence-corrected chi connectivity index (χ3v) is 3.57. The third-order valence-electron chi connectivity index (χ3n) is 3.57. The van der Waals surface area contributed by atoms with Crippen molar-refractivity contribution < 1.29 is 9.59 Å². The van der Waals surface area contributed by atoms with Gasteiger partial charge in [-0.05, 0) is 30.3 Å². The summed E-state index contributed by atoms with van der Waals surface area (Å²) in [6, 6.07) is 15.9. The number of amides is 1. The van der Waals surface area contributed by atoms with E-state index in [1.165, 1.54) is 11.5 Å². The zero-order valence-electron chi connectivity index (χ0n) is 12.4. The van der Waals surface area contributed by atoms with Gasteiger partial charge in [0.1, 0.15) is 0 Å². The van der Waals surface area contributed by atoms with Crippen molar-refractivity contribution in [3.63, 3.8) is 0 Å². The lowest BCUT2D eigenvalue weighted by Crippen LogP contribution is -2.11. The van der Waals surface area contributed by atoms with Crippen LogP contribution < -0.4 is 5.32 Å². The van der Waals surface area contributed by atoms with E-state index in [9.17, 15) is 9.59 Å². The summed E-state index contributed by atoms with van der Waals surface area (Å²) in [5, 5.41) is 12.3. The average molecular weight is 303 g/mol. The second-order valence-electron chi connectivity index (χ2n) is 5.09. The molecule has 0 aliphatic rings. The van der Waals surface area contributed by atoms with Gasteiger partial charge in [0.05, 0.1) is 22.7 Å². The molecule has 0 atom stereocenters. The molecule has 2 aromatic carbocycles. The van der Waals surface area contributed by atoms with Crippen LogP contribution in [0.3, 0.4) is 0 Å². The predicted octanol–water partition coefficient (Wildman–Crippen LogP) is 3.43. The van der Waals surface area contributed by atoms with Gasteiger partial charge in [-0.15, -0.1) is 0 Å². The Balaban J connectivity index is 1.97. The zero-order chi connectivity index (χ0) is 16.4. The fraction of sp³-hybridized carbons (Fsp3) is 0.0556. The summed E-state index contributed by atoms with van der Waals surface area (Å²) in [6.45, 7) is 1.45. The van der Waals surface area contributed by atoms with Gasteiger partial charge in [0.2, 0.25) is 5.91 Å². The minimum Gasteiger partial charge on any atom is -0.322 e. The molecule has 1 aromatic heterocycles. The van der Waals surface area contributed by atoms with Crippen molar-refractivity contribution in [1.82, 2.24) is 4.57 Å². The van der Waals surface area contributed by atoms with E-state index in [0.29, 0.717) is 27.7 Å². The molecule has 0 unspecified atom stereocenters. The SMILES string of the molecule is CC(=O)n1cc(C(=O)Nc2ccc(C#N)cc2)c2ccccc21. The number of carbonyl (C=O) groups is 2. The van der Waals surface area contributed by atoms with E-state index in [1.807, 2.05) is 24.3 Å². The van der Waals surface area contributed by atoms with E-state index in [1.54, 1.807) is 36.5 Å². The van der Waals surface area contributed by atoms with Crippen molar-refractivity contribution in [3.8, 4) is 6.07 Å². The Hall–Kier alpha value is -3.39. The largest absolute Gasteiger partial charge is 0.322 e. The Morgan fingerprint density at radius 3 is 2.43 bits per heavy atom. The van der Waals surface area contributed by atoms with Gasteiger partial charge < -0.3 is 5.32 Å². The second kappa shape index (κ2) is 5.78. The van der Waals surface area contributed by atoms with Crippen molar-refractivity contribution >= 4 is 28.4 Å². The smallest absolute Gasteiger partial charge is 0.257 e. The molecule has 5 nitrogen and oxygen atoms in total. The molecule has 112 valence electrons. The molecule has 1 N–H and O–H groups in total. The van der Waals surface area contributed by atoms with Crippen LogP contribution in [0.2, 0.25) is 0 Å². The third kappa shape index (κ3) is 2.70. The van der Waals surface area contributed by atoms with Gasteiger partial charge >= 0.3 is 0 Å². The van der Waals surface area contributed by atoms with Crippen LogP contribution in [0.1, 0.15) is 27.6 Å². The van der Waals surface area contributed by atoms with E-state index in [2.05, 4.69) is 5.32 Å². The normalized spacial score (nSPS) is 10.3. The second-order valence-corrected chi connectivity index (χ2v) is 5.09. The summed E-state index contributed by atoms with van der Waals surface area (Å²) in [7, 11) is 0. The summed E-state index contributed by atoms with van der Waals surface area (Å²) < 4.78 is 1.46. The van der Waals surface area contributed by atoms with Gasteiger partial charge in [0.15, 0.2) is 0 Å². The first-order valence-corrected chi connectivity index (χ1v) is 7.02. The molecular weight excluding hydrogens is 290 g/mol. The molecule has 0 aliphatic carbocycles. The van der Waals surface area contributed by atoms with Crippen LogP contribution >= 0.6 is 0 Å². The van der Waals surface area contributed by atoms with E-state index >= 15 is 0 Å². The number of aromatic nitrogens is 1. The van der Waals surface area contributed by atoms with E-state index < -0.39 is 0 Å². The number of carbonyl (C=O) groups excluding carboxylic acids is 2. The number of nitriles is 1. The summed E-state index contributed by atoms with van der Waals surface area (Å²) in [6.07, 6.45) is 1.55. The molecule has 0 saturated carbocycles. The van der Waals surface area contributed by atoms with Gasteiger partial charge in [-0.25, -0.2) is 0 Å². The monoisotopic (exact) mass is 303 g/mol. The number of hydrogen-bond acceptors (Lipinski definition) is 3. The molecule has 0 fully saturated rings. The Kier molecular flexibility index (Phi) is 3.65. The van der Waals surface area contributed by atoms with Crippen LogP contribution in [0.5, 0.6) is 0 Å². The fourth-order valence-electron chi connectivity index (χ4n) is 2.45. The van der Waals surface area contributed by atoms with E-state index in [0.717, 1.165) is 0 Å². The van der Waals surface area contributed by atoms with Gasteiger partial charge in [-0.2, -0.15) is 5.26 Å². The van der Waals surface area contributed by atoms with E-state index in [-0.39, 0.29) is 11.8 Å². The molecule has 1 heterocycles. The molecule has 0 radical (unpaired) electrons. The van der Waals surface area contributed by atoms with Crippen molar-refractivity contribution in [2.45, 2.75) is 6.92 Å². The first-order chi connectivity index (χ1) is 11.1. The Morgan fingerprint density at radius 1 is 1.09 bits per heavy atom. The highest BCUT2D eigenvalue weighted by atomic mass is 16.2. The lowest BCUT2D eigenvalue weighted by atomic mass is 10.1.